The summed E-state index contributed by atoms with van der Waals surface area (Å²) < 4.78 is 1.19. The Labute approximate surface area is 120 Å². The summed E-state index contributed by atoms with van der Waals surface area (Å²) in [6.07, 6.45) is 2.49. The Morgan fingerprint density at radius 2 is 2.33 bits per heavy atom. The van der Waals surface area contributed by atoms with Gasteiger partial charge in [0, 0.05) is 11.3 Å². The maximum absolute atomic E-state index is 6.32. The third-order valence-electron chi connectivity index (χ3n) is 3.39. The summed E-state index contributed by atoms with van der Waals surface area (Å²) in [5.41, 5.74) is 3.90. The van der Waals surface area contributed by atoms with E-state index in [1.54, 1.807) is 11.3 Å². The van der Waals surface area contributed by atoms with Gasteiger partial charge >= 0.3 is 0 Å². The highest BCUT2D eigenvalue weighted by Gasteiger charge is 2.23. The number of benzene rings is 1. The van der Waals surface area contributed by atoms with Crippen molar-refractivity contribution in [3.8, 4) is 0 Å². The van der Waals surface area contributed by atoms with Gasteiger partial charge in [-0.3, -0.25) is 0 Å². The van der Waals surface area contributed by atoms with Crippen molar-refractivity contribution in [1.29, 1.82) is 0 Å². The van der Waals surface area contributed by atoms with Crippen molar-refractivity contribution >= 4 is 50.6 Å². The standard InChI is InChI=1S/C13H15ClN2S2/c1-8-10(3-2-6-17-8)16-12-9(14)4-5-11-13(12)15-7-18-11/h4-5,7-8,10,16H,2-3,6H2,1H3. The van der Waals surface area contributed by atoms with Crippen LogP contribution in [-0.2, 0) is 0 Å². The van der Waals surface area contributed by atoms with Crippen LogP contribution in [0.4, 0.5) is 5.69 Å². The highest BCUT2D eigenvalue weighted by Crippen LogP contribution is 2.35. The summed E-state index contributed by atoms with van der Waals surface area (Å²) in [5.74, 6) is 1.27. The number of anilines is 1. The molecule has 1 aromatic carbocycles. The number of hydrogen-bond donors (Lipinski definition) is 1. The van der Waals surface area contributed by atoms with Crippen molar-refractivity contribution in [2.45, 2.75) is 31.1 Å². The lowest BCUT2D eigenvalue weighted by molar-refractivity contribution is 0.618. The number of aromatic nitrogens is 1. The van der Waals surface area contributed by atoms with Crippen LogP contribution in [0.25, 0.3) is 10.2 Å². The Kier molecular flexibility index (Phi) is 3.68. The summed E-state index contributed by atoms with van der Waals surface area (Å²) in [6, 6.07) is 4.50. The molecule has 0 aliphatic carbocycles. The minimum absolute atomic E-state index is 0.494. The van der Waals surface area contributed by atoms with Gasteiger partial charge in [0.05, 0.1) is 20.9 Å². The van der Waals surface area contributed by atoms with Crippen LogP contribution in [0.3, 0.4) is 0 Å². The fourth-order valence-electron chi connectivity index (χ4n) is 2.34. The zero-order valence-electron chi connectivity index (χ0n) is 10.1. The van der Waals surface area contributed by atoms with Crippen LogP contribution < -0.4 is 5.32 Å². The first-order chi connectivity index (χ1) is 8.75. The molecule has 2 heterocycles. The van der Waals surface area contributed by atoms with Gasteiger partial charge < -0.3 is 5.32 Å². The van der Waals surface area contributed by atoms with Crippen molar-refractivity contribution in [3.05, 3.63) is 22.7 Å². The Bertz CT molecular complexity index is 555. The van der Waals surface area contributed by atoms with E-state index in [9.17, 15) is 0 Å². The molecule has 0 radical (unpaired) electrons. The number of nitrogens with zero attached hydrogens (tertiary/aromatic N) is 1. The van der Waals surface area contributed by atoms with Gasteiger partial charge in [-0.2, -0.15) is 11.8 Å². The molecule has 1 aliphatic rings. The van der Waals surface area contributed by atoms with Gasteiger partial charge in [-0.15, -0.1) is 11.3 Å². The zero-order valence-corrected chi connectivity index (χ0v) is 12.5. The summed E-state index contributed by atoms with van der Waals surface area (Å²) in [7, 11) is 0. The minimum atomic E-state index is 0.494. The molecule has 1 aromatic heterocycles. The van der Waals surface area contributed by atoms with Gasteiger partial charge in [0.15, 0.2) is 0 Å². The number of thiazole rings is 1. The number of hydrogen-bond acceptors (Lipinski definition) is 4. The molecular formula is C13H15ClN2S2. The molecule has 2 atom stereocenters. The first-order valence-electron chi connectivity index (χ1n) is 6.15. The van der Waals surface area contributed by atoms with Crippen LogP contribution >= 0.6 is 34.7 Å². The molecule has 0 amide bonds. The van der Waals surface area contributed by atoms with E-state index in [1.165, 1.54) is 23.3 Å². The molecular weight excluding hydrogens is 284 g/mol. The Balaban J connectivity index is 1.93. The topological polar surface area (TPSA) is 24.9 Å². The van der Waals surface area contributed by atoms with E-state index in [-0.39, 0.29) is 0 Å². The minimum Gasteiger partial charge on any atom is -0.378 e. The number of halogens is 1. The van der Waals surface area contributed by atoms with E-state index in [0.717, 1.165) is 16.2 Å². The largest absolute Gasteiger partial charge is 0.378 e. The second-order valence-corrected chi connectivity index (χ2v) is 7.37. The molecule has 0 saturated carbocycles. The molecule has 18 heavy (non-hydrogen) atoms. The highest BCUT2D eigenvalue weighted by atomic mass is 35.5. The van der Waals surface area contributed by atoms with E-state index in [4.69, 9.17) is 11.6 Å². The van der Waals surface area contributed by atoms with Gasteiger partial charge in [0.25, 0.3) is 0 Å². The molecule has 2 aromatic rings. The lowest BCUT2D eigenvalue weighted by atomic mass is 10.1. The van der Waals surface area contributed by atoms with Gasteiger partial charge in [-0.25, -0.2) is 4.98 Å². The predicted molar refractivity (Wildman–Crippen MR) is 83.2 cm³/mol. The zero-order chi connectivity index (χ0) is 12.5. The van der Waals surface area contributed by atoms with E-state index < -0.39 is 0 Å². The second kappa shape index (κ2) is 5.27. The number of thioether (sulfide) groups is 1. The molecule has 1 N–H and O–H groups in total. The molecule has 2 unspecified atom stereocenters. The molecule has 1 fully saturated rings. The molecule has 5 heteroatoms. The predicted octanol–water partition coefficient (Wildman–Crippen LogP) is 4.65. The maximum Gasteiger partial charge on any atom is 0.106 e. The smallest absolute Gasteiger partial charge is 0.106 e. The number of nitrogens with one attached hydrogen (secondary N) is 1. The Hall–Kier alpha value is -0.450. The quantitative estimate of drug-likeness (QED) is 0.874. The van der Waals surface area contributed by atoms with Gasteiger partial charge in [0.2, 0.25) is 0 Å². The van der Waals surface area contributed by atoms with Crippen LogP contribution in [0.2, 0.25) is 5.02 Å². The average Bonchev–Trinajstić information content (AvgIpc) is 2.83. The van der Waals surface area contributed by atoms with Gasteiger partial charge in [0.1, 0.15) is 5.52 Å². The molecule has 0 bridgehead atoms. The van der Waals surface area contributed by atoms with Crippen molar-refractivity contribution in [2.75, 3.05) is 11.1 Å². The van der Waals surface area contributed by atoms with Crippen LogP contribution in [0.5, 0.6) is 0 Å². The van der Waals surface area contributed by atoms with E-state index >= 15 is 0 Å². The first-order valence-corrected chi connectivity index (χ1v) is 8.46. The Morgan fingerprint density at radius 3 is 3.17 bits per heavy atom. The monoisotopic (exact) mass is 298 g/mol. The lowest BCUT2D eigenvalue weighted by Crippen LogP contribution is -2.32. The van der Waals surface area contributed by atoms with Gasteiger partial charge in [-0.05, 0) is 30.7 Å². The summed E-state index contributed by atoms with van der Waals surface area (Å²) in [5, 5.41) is 5.02. The highest BCUT2D eigenvalue weighted by molar-refractivity contribution is 8.00. The summed E-state index contributed by atoms with van der Waals surface area (Å²) in [6.45, 7) is 2.29. The summed E-state index contributed by atoms with van der Waals surface area (Å²) >= 11 is 10.0. The SMILES string of the molecule is CC1SCCCC1Nc1c(Cl)ccc2scnc12. The molecule has 1 saturated heterocycles. The second-order valence-electron chi connectivity index (χ2n) is 4.59. The maximum atomic E-state index is 6.32. The first kappa shape index (κ1) is 12.6. The van der Waals surface area contributed by atoms with E-state index in [2.05, 4.69) is 17.2 Å². The molecule has 1 aliphatic heterocycles. The Morgan fingerprint density at radius 1 is 1.44 bits per heavy atom. The van der Waals surface area contributed by atoms with E-state index in [0.29, 0.717) is 11.3 Å². The molecule has 2 nitrogen and oxygen atoms in total. The van der Waals surface area contributed by atoms with Gasteiger partial charge in [-0.1, -0.05) is 18.5 Å². The fraction of sp³-hybridized carbons (Fsp3) is 0.462. The van der Waals surface area contributed by atoms with Crippen LogP contribution in [0.1, 0.15) is 19.8 Å². The van der Waals surface area contributed by atoms with Crippen LogP contribution in [0, 0.1) is 0 Å². The average molecular weight is 299 g/mol. The third-order valence-corrected chi connectivity index (χ3v) is 5.88. The normalized spacial score (nSPS) is 24.3. The van der Waals surface area contributed by atoms with Crippen LogP contribution in [-0.4, -0.2) is 22.0 Å². The molecule has 0 spiro atoms. The van der Waals surface area contributed by atoms with E-state index in [1.807, 2.05) is 29.4 Å². The fourth-order valence-corrected chi connectivity index (χ4v) is 4.38. The molecule has 3 rings (SSSR count). The van der Waals surface area contributed by atoms with Crippen LogP contribution in [0.15, 0.2) is 17.6 Å². The molecule has 96 valence electrons. The lowest BCUT2D eigenvalue weighted by Gasteiger charge is -2.30. The van der Waals surface area contributed by atoms with Crippen molar-refractivity contribution in [1.82, 2.24) is 4.98 Å². The third kappa shape index (κ3) is 2.33. The number of fused-ring (bicyclic) bond motifs is 1. The summed E-state index contributed by atoms with van der Waals surface area (Å²) in [4.78, 5) is 4.43. The number of rotatable bonds is 2. The van der Waals surface area contributed by atoms with Crippen molar-refractivity contribution in [3.63, 3.8) is 0 Å². The van der Waals surface area contributed by atoms with Crippen molar-refractivity contribution in [2.24, 2.45) is 0 Å². The van der Waals surface area contributed by atoms with Crippen molar-refractivity contribution < 1.29 is 0 Å².